The van der Waals surface area contributed by atoms with Crippen LogP contribution >= 0.6 is 0 Å². The Morgan fingerprint density at radius 2 is 1.76 bits per heavy atom. The van der Waals surface area contributed by atoms with Crippen LogP contribution in [0, 0.1) is 29.5 Å². The van der Waals surface area contributed by atoms with Gasteiger partial charge in [0.25, 0.3) is 11.8 Å². The first-order valence-electron chi connectivity index (χ1n) is 9.68. The Hall–Kier alpha value is -3.28. The van der Waals surface area contributed by atoms with Gasteiger partial charge < -0.3 is 4.74 Å². The van der Waals surface area contributed by atoms with Crippen LogP contribution in [-0.2, 0) is 16.2 Å². The van der Waals surface area contributed by atoms with Crippen LogP contribution in [0.4, 0.5) is 4.39 Å². The van der Waals surface area contributed by atoms with Crippen LogP contribution in [-0.4, -0.2) is 23.0 Å². The van der Waals surface area contributed by atoms with Crippen molar-refractivity contribution >= 4 is 18.0 Å². The number of hydrogen-bond acceptors (Lipinski definition) is 4. The zero-order chi connectivity index (χ0) is 20.0. The second-order valence-electron chi connectivity index (χ2n) is 7.69. The van der Waals surface area contributed by atoms with Gasteiger partial charge in [0.2, 0.25) is 0 Å². The van der Waals surface area contributed by atoms with Crippen molar-refractivity contribution in [3.63, 3.8) is 0 Å². The van der Waals surface area contributed by atoms with Crippen LogP contribution in [0.3, 0.4) is 0 Å². The van der Waals surface area contributed by atoms with E-state index in [0.29, 0.717) is 16.9 Å². The molecule has 4 atom stereocenters. The molecule has 5 nitrogen and oxygen atoms in total. The number of nitrogens with zero attached hydrogens (tertiary/aromatic N) is 2. The fourth-order valence-electron chi connectivity index (χ4n) is 4.63. The normalized spacial score (nSPS) is 27.3. The van der Waals surface area contributed by atoms with Gasteiger partial charge in [-0.15, -0.1) is 0 Å². The van der Waals surface area contributed by atoms with E-state index in [9.17, 15) is 14.0 Å². The molecule has 2 amide bonds. The van der Waals surface area contributed by atoms with E-state index in [1.807, 2.05) is 12.1 Å². The molecule has 2 bridgehead atoms. The maximum atomic E-state index is 13.3. The zero-order valence-electron chi connectivity index (χ0n) is 15.6. The van der Waals surface area contributed by atoms with E-state index in [4.69, 9.17) is 4.74 Å². The predicted octanol–water partition coefficient (Wildman–Crippen LogP) is 3.55. The van der Waals surface area contributed by atoms with Crippen LogP contribution in [0.1, 0.15) is 17.5 Å². The number of hydrogen-bond donors (Lipinski definition) is 0. The minimum absolute atomic E-state index is 0.156. The third kappa shape index (κ3) is 3.05. The number of carbonyl (C=O) groups excluding carboxylic acids is 2. The molecule has 146 valence electrons. The summed E-state index contributed by atoms with van der Waals surface area (Å²) >= 11 is 0. The second-order valence-corrected chi connectivity index (χ2v) is 7.69. The van der Waals surface area contributed by atoms with Crippen molar-refractivity contribution in [1.29, 1.82) is 0 Å². The lowest BCUT2D eigenvalue weighted by molar-refractivity contribution is -0.140. The first-order chi connectivity index (χ1) is 14.1. The molecule has 5 rings (SSSR count). The molecular formula is C23H19FN2O3. The lowest BCUT2D eigenvalue weighted by Crippen LogP contribution is -2.28. The molecule has 0 radical (unpaired) electrons. The standard InChI is InChI=1S/C23H19FN2O3/c24-18-6-3-4-14(10-18)13-29-19-7-2-1-5-17(19)12-25-26-22(27)20-15-8-9-16(11-15)21(20)23(26)28/h1-10,12,15-16,20-21H,11,13H2/t15-,16-,20-,21+/m0/s1. The molecule has 1 aliphatic heterocycles. The minimum Gasteiger partial charge on any atom is -0.488 e. The summed E-state index contributed by atoms with van der Waals surface area (Å²) in [6.45, 7) is 0.198. The van der Waals surface area contributed by atoms with E-state index in [-0.39, 0.29) is 47.9 Å². The number of ether oxygens (including phenoxy) is 1. The molecule has 2 aliphatic carbocycles. The number of imide groups is 1. The second kappa shape index (κ2) is 6.95. The van der Waals surface area contributed by atoms with Gasteiger partial charge >= 0.3 is 0 Å². The molecule has 0 aromatic heterocycles. The van der Waals surface area contributed by atoms with Gasteiger partial charge in [0, 0.05) is 5.56 Å². The SMILES string of the molecule is O=C1[C@@H]2[C@H](C(=O)N1N=Cc1ccccc1OCc1cccc(F)c1)[C@H]1C=C[C@H]2C1. The van der Waals surface area contributed by atoms with Gasteiger partial charge in [0.1, 0.15) is 18.2 Å². The monoisotopic (exact) mass is 390 g/mol. The number of fused-ring (bicyclic) bond motifs is 5. The number of para-hydroxylation sites is 1. The highest BCUT2D eigenvalue weighted by atomic mass is 19.1. The summed E-state index contributed by atoms with van der Waals surface area (Å²) in [6.07, 6.45) is 6.48. The smallest absolute Gasteiger partial charge is 0.254 e. The van der Waals surface area contributed by atoms with Crippen LogP contribution in [0.5, 0.6) is 5.75 Å². The minimum atomic E-state index is -0.319. The molecule has 1 heterocycles. The van der Waals surface area contributed by atoms with Gasteiger partial charge in [-0.25, -0.2) is 4.39 Å². The van der Waals surface area contributed by atoms with Crippen LogP contribution in [0.2, 0.25) is 0 Å². The molecule has 1 saturated carbocycles. The van der Waals surface area contributed by atoms with Gasteiger partial charge in [-0.3, -0.25) is 9.59 Å². The molecule has 29 heavy (non-hydrogen) atoms. The van der Waals surface area contributed by atoms with Gasteiger partial charge in [-0.05, 0) is 48.1 Å². The van der Waals surface area contributed by atoms with Crippen molar-refractivity contribution in [2.45, 2.75) is 13.0 Å². The summed E-state index contributed by atoms with van der Waals surface area (Å²) in [5.41, 5.74) is 1.35. The summed E-state index contributed by atoms with van der Waals surface area (Å²) in [7, 11) is 0. The summed E-state index contributed by atoms with van der Waals surface area (Å²) in [5.74, 6) is -0.435. The Kier molecular flexibility index (Phi) is 4.27. The lowest BCUT2D eigenvalue weighted by Gasteiger charge is -2.13. The van der Waals surface area contributed by atoms with Crippen LogP contribution < -0.4 is 4.74 Å². The average molecular weight is 390 g/mol. The zero-order valence-corrected chi connectivity index (χ0v) is 15.6. The molecule has 0 unspecified atom stereocenters. The first kappa shape index (κ1) is 17.8. The van der Waals surface area contributed by atoms with E-state index in [2.05, 4.69) is 17.3 Å². The lowest BCUT2D eigenvalue weighted by atomic mass is 9.85. The number of carbonyl (C=O) groups is 2. The van der Waals surface area contributed by atoms with Crippen LogP contribution in [0.25, 0.3) is 0 Å². The molecule has 0 N–H and O–H groups in total. The number of amides is 2. The Morgan fingerprint density at radius 3 is 2.48 bits per heavy atom. The van der Waals surface area contributed by atoms with Crippen molar-refractivity contribution in [3.8, 4) is 5.75 Å². The molecular weight excluding hydrogens is 371 g/mol. The Morgan fingerprint density at radius 1 is 1.03 bits per heavy atom. The third-order valence-corrected chi connectivity index (χ3v) is 5.96. The van der Waals surface area contributed by atoms with Gasteiger partial charge in [-0.1, -0.05) is 36.4 Å². The molecule has 2 fully saturated rings. The Bertz CT molecular complexity index is 1020. The summed E-state index contributed by atoms with van der Waals surface area (Å²) in [6, 6.07) is 13.4. The molecule has 0 spiro atoms. The topological polar surface area (TPSA) is 59.0 Å². The number of benzene rings is 2. The van der Waals surface area contributed by atoms with Crippen molar-refractivity contribution in [3.05, 3.63) is 77.6 Å². The van der Waals surface area contributed by atoms with Gasteiger partial charge in [-0.2, -0.15) is 10.1 Å². The van der Waals surface area contributed by atoms with Crippen molar-refractivity contribution in [2.75, 3.05) is 0 Å². The van der Waals surface area contributed by atoms with E-state index in [0.717, 1.165) is 11.4 Å². The summed E-state index contributed by atoms with van der Waals surface area (Å²) in [5, 5.41) is 5.22. The molecule has 3 aliphatic rings. The summed E-state index contributed by atoms with van der Waals surface area (Å²) < 4.78 is 19.2. The average Bonchev–Trinajstić information content (AvgIpc) is 3.40. The van der Waals surface area contributed by atoms with Crippen LogP contribution in [0.15, 0.2) is 65.8 Å². The predicted molar refractivity (Wildman–Crippen MR) is 104 cm³/mol. The molecule has 2 aromatic carbocycles. The number of allylic oxidation sites excluding steroid dienone is 2. The van der Waals surface area contributed by atoms with E-state index < -0.39 is 0 Å². The van der Waals surface area contributed by atoms with Crippen molar-refractivity contribution < 1.29 is 18.7 Å². The number of rotatable bonds is 5. The summed E-state index contributed by atoms with van der Waals surface area (Å²) in [4.78, 5) is 25.5. The number of hydrazone groups is 1. The van der Waals surface area contributed by atoms with E-state index in [1.54, 1.807) is 24.3 Å². The maximum absolute atomic E-state index is 13.3. The maximum Gasteiger partial charge on any atom is 0.254 e. The quantitative estimate of drug-likeness (QED) is 0.446. The first-order valence-corrected chi connectivity index (χ1v) is 9.68. The fourth-order valence-corrected chi connectivity index (χ4v) is 4.63. The third-order valence-electron chi connectivity index (χ3n) is 5.96. The highest BCUT2D eigenvalue weighted by molar-refractivity contribution is 6.06. The van der Waals surface area contributed by atoms with Crippen molar-refractivity contribution in [1.82, 2.24) is 5.01 Å². The molecule has 6 heteroatoms. The Labute approximate surface area is 167 Å². The highest BCUT2D eigenvalue weighted by Crippen LogP contribution is 2.52. The van der Waals surface area contributed by atoms with E-state index in [1.165, 1.54) is 18.3 Å². The van der Waals surface area contributed by atoms with Gasteiger partial charge in [0.05, 0.1) is 18.1 Å². The Balaban J connectivity index is 1.33. The molecule has 2 aromatic rings. The van der Waals surface area contributed by atoms with E-state index >= 15 is 0 Å². The van der Waals surface area contributed by atoms with Gasteiger partial charge in [0.15, 0.2) is 0 Å². The highest BCUT2D eigenvalue weighted by Gasteiger charge is 2.59. The van der Waals surface area contributed by atoms with Crippen molar-refractivity contribution in [2.24, 2.45) is 28.8 Å². The number of halogens is 1. The largest absolute Gasteiger partial charge is 0.488 e. The molecule has 1 saturated heterocycles. The fraction of sp³-hybridized carbons (Fsp3) is 0.261.